The van der Waals surface area contributed by atoms with Gasteiger partial charge in [-0.05, 0) is 28.1 Å². The second-order valence-corrected chi connectivity index (χ2v) is 7.35. The maximum Gasteiger partial charge on any atom is 0.0701 e. The first-order chi connectivity index (χ1) is 7.78. The van der Waals surface area contributed by atoms with Crippen LogP contribution in [-0.2, 0) is 6.54 Å². The van der Waals surface area contributed by atoms with Gasteiger partial charge in [-0.1, -0.05) is 15.9 Å². The van der Waals surface area contributed by atoms with Crippen molar-refractivity contribution in [2.75, 3.05) is 38.1 Å². The largest absolute Gasteiger partial charge is 0.300 e. The molecular formula is C11H16Br2N2S. The van der Waals surface area contributed by atoms with Crippen molar-refractivity contribution in [1.29, 1.82) is 0 Å². The van der Waals surface area contributed by atoms with Crippen LogP contribution in [0.4, 0.5) is 0 Å². The van der Waals surface area contributed by atoms with Crippen molar-refractivity contribution >= 4 is 43.2 Å². The quantitative estimate of drug-likeness (QED) is 0.754. The van der Waals surface area contributed by atoms with Gasteiger partial charge in [0.1, 0.15) is 0 Å². The minimum Gasteiger partial charge on any atom is -0.300 e. The second-order valence-electron chi connectivity index (χ2n) is 4.01. The smallest absolute Gasteiger partial charge is 0.0701 e. The summed E-state index contributed by atoms with van der Waals surface area (Å²) in [5.41, 5.74) is 0. The molecule has 1 fully saturated rings. The number of nitrogens with zero attached hydrogens (tertiary/aromatic N) is 2. The van der Waals surface area contributed by atoms with Gasteiger partial charge in [0.2, 0.25) is 0 Å². The number of piperazine rings is 1. The van der Waals surface area contributed by atoms with Gasteiger partial charge >= 0.3 is 0 Å². The van der Waals surface area contributed by atoms with Crippen molar-refractivity contribution in [3.8, 4) is 0 Å². The third kappa shape index (κ3) is 3.81. The molecule has 1 aromatic heterocycles. The molecule has 0 atom stereocenters. The lowest BCUT2D eigenvalue weighted by Gasteiger charge is -2.34. The molecule has 1 saturated heterocycles. The van der Waals surface area contributed by atoms with Crippen molar-refractivity contribution in [2.45, 2.75) is 6.54 Å². The highest BCUT2D eigenvalue weighted by Crippen LogP contribution is 2.23. The fraction of sp³-hybridized carbons (Fsp3) is 0.636. The van der Waals surface area contributed by atoms with E-state index >= 15 is 0 Å². The fourth-order valence-corrected chi connectivity index (χ4v) is 3.97. The molecule has 1 aliphatic heterocycles. The Bertz CT molecular complexity index is 322. The number of rotatable bonds is 4. The lowest BCUT2D eigenvalue weighted by Crippen LogP contribution is -2.46. The molecule has 1 aliphatic rings. The Hall–Kier alpha value is 0.580. The van der Waals surface area contributed by atoms with Gasteiger partial charge < -0.3 is 0 Å². The van der Waals surface area contributed by atoms with E-state index in [1.807, 2.05) is 11.3 Å². The minimum atomic E-state index is 1.09. The van der Waals surface area contributed by atoms with Gasteiger partial charge in [0.25, 0.3) is 0 Å². The molecule has 90 valence electrons. The zero-order chi connectivity index (χ0) is 11.4. The van der Waals surface area contributed by atoms with E-state index in [9.17, 15) is 0 Å². The molecule has 1 aromatic rings. The zero-order valence-corrected chi connectivity index (χ0v) is 13.2. The van der Waals surface area contributed by atoms with E-state index < -0.39 is 0 Å². The molecule has 0 unspecified atom stereocenters. The molecule has 2 nitrogen and oxygen atoms in total. The molecule has 0 aliphatic carbocycles. The first-order valence-electron chi connectivity index (χ1n) is 5.53. The second kappa shape index (κ2) is 6.50. The predicted molar refractivity (Wildman–Crippen MR) is 77.5 cm³/mol. The van der Waals surface area contributed by atoms with Crippen molar-refractivity contribution in [2.24, 2.45) is 0 Å². The van der Waals surface area contributed by atoms with Crippen molar-refractivity contribution < 1.29 is 0 Å². The lowest BCUT2D eigenvalue weighted by molar-refractivity contribution is 0.134. The minimum absolute atomic E-state index is 1.09. The van der Waals surface area contributed by atoms with Crippen molar-refractivity contribution in [3.63, 3.8) is 0 Å². The molecule has 0 radical (unpaired) electrons. The van der Waals surface area contributed by atoms with Crippen LogP contribution in [0.5, 0.6) is 0 Å². The summed E-state index contributed by atoms with van der Waals surface area (Å²) in [6.07, 6.45) is 0. The topological polar surface area (TPSA) is 6.48 Å². The Morgan fingerprint density at radius 1 is 1.12 bits per heavy atom. The molecule has 2 heterocycles. The average molecular weight is 368 g/mol. The van der Waals surface area contributed by atoms with Crippen LogP contribution in [-0.4, -0.2) is 47.9 Å². The highest BCUT2D eigenvalue weighted by Gasteiger charge is 2.16. The van der Waals surface area contributed by atoms with E-state index in [1.165, 1.54) is 41.4 Å². The molecule has 0 bridgehead atoms. The Labute approximate surface area is 118 Å². The van der Waals surface area contributed by atoms with E-state index in [0.717, 1.165) is 11.9 Å². The summed E-state index contributed by atoms with van der Waals surface area (Å²) in [6.45, 7) is 7.10. The van der Waals surface area contributed by atoms with Crippen molar-refractivity contribution in [3.05, 3.63) is 20.8 Å². The Kier molecular flexibility index (Phi) is 5.29. The van der Waals surface area contributed by atoms with Crippen LogP contribution in [0, 0.1) is 0 Å². The molecule has 5 heteroatoms. The number of halogens is 2. The summed E-state index contributed by atoms with van der Waals surface area (Å²) in [4.78, 5) is 6.53. The van der Waals surface area contributed by atoms with Crippen molar-refractivity contribution in [1.82, 2.24) is 9.80 Å². The molecule has 0 amide bonds. The monoisotopic (exact) mass is 366 g/mol. The van der Waals surface area contributed by atoms with E-state index in [2.05, 4.69) is 53.8 Å². The number of thiophene rings is 1. The molecule has 0 saturated carbocycles. The molecule has 0 spiro atoms. The van der Waals surface area contributed by atoms with Gasteiger partial charge in [0.15, 0.2) is 0 Å². The van der Waals surface area contributed by atoms with E-state index in [1.54, 1.807) is 0 Å². The third-order valence-electron chi connectivity index (χ3n) is 2.87. The summed E-state index contributed by atoms with van der Waals surface area (Å²) in [6, 6.07) is 4.36. The van der Waals surface area contributed by atoms with E-state index in [4.69, 9.17) is 0 Å². The Morgan fingerprint density at radius 2 is 1.81 bits per heavy atom. The molecule has 16 heavy (non-hydrogen) atoms. The molecule has 0 N–H and O–H groups in total. The van der Waals surface area contributed by atoms with Crippen LogP contribution in [0.3, 0.4) is 0 Å². The Balaban J connectivity index is 1.77. The molecule has 2 rings (SSSR count). The van der Waals surface area contributed by atoms with E-state index in [-0.39, 0.29) is 0 Å². The van der Waals surface area contributed by atoms with Gasteiger partial charge in [-0.25, -0.2) is 0 Å². The summed E-state index contributed by atoms with van der Waals surface area (Å²) in [5, 5.41) is 1.09. The van der Waals surface area contributed by atoms with Gasteiger partial charge in [0, 0.05) is 49.5 Å². The van der Waals surface area contributed by atoms with Crippen LogP contribution in [0.1, 0.15) is 4.88 Å². The third-order valence-corrected chi connectivity index (χ3v) is 4.84. The Morgan fingerprint density at radius 3 is 2.38 bits per heavy atom. The van der Waals surface area contributed by atoms with Crippen LogP contribution in [0.2, 0.25) is 0 Å². The summed E-state index contributed by atoms with van der Waals surface area (Å²) in [5.74, 6) is 0. The highest BCUT2D eigenvalue weighted by atomic mass is 79.9. The first-order valence-corrected chi connectivity index (χ1v) is 8.26. The molecule has 0 aromatic carbocycles. The average Bonchev–Trinajstić information content (AvgIpc) is 2.67. The maximum atomic E-state index is 3.51. The number of hydrogen-bond donors (Lipinski definition) is 0. The fourth-order valence-electron chi connectivity index (χ4n) is 1.95. The zero-order valence-electron chi connectivity index (χ0n) is 9.16. The van der Waals surface area contributed by atoms with Crippen LogP contribution in [0.15, 0.2) is 15.9 Å². The summed E-state index contributed by atoms with van der Waals surface area (Å²) < 4.78 is 1.24. The van der Waals surface area contributed by atoms with Gasteiger partial charge in [-0.3, -0.25) is 9.80 Å². The van der Waals surface area contributed by atoms with Crippen LogP contribution in [0.25, 0.3) is 0 Å². The standard InChI is InChI=1S/C11H16Br2N2S/c12-3-4-14-5-7-15(8-6-14)9-10-1-2-11(13)16-10/h1-2H,3-9H2. The maximum absolute atomic E-state index is 3.51. The number of hydrogen-bond acceptors (Lipinski definition) is 3. The van der Waals surface area contributed by atoms with Crippen LogP contribution >= 0.6 is 43.2 Å². The summed E-state index contributed by atoms with van der Waals surface area (Å²) in [7, 11) is 0. The van der Waals surface area contributed by atoms with Gasteiger partial charge in [0.05, 0.1) is 3.79 Å². The lowest BCUT2D eigenvalue weighted by atomic mass is 10.3. The van der Waals surface area contributed by atoms with E-state index in [0.29, 0.717) is 0 Å². The first kappa shape index (κ1) is 13.0. The SMILES string of the molecule is BrCCN1CCN(Cc2ccc(Br)s2)CC1. The van der Waals surface area contributed by atoms with Gasteiger partial charge in [-0.15, -0.1) is 11.3 Å². The van der Waals surface area contributed by atoms with Crippen LogP contribution < -0.4 is 0 Å². The summed E-state index contributed by atoms with van der Waals surface area (Å²) >= 11 is 8.86. The predicted octanol–water partition coefficient (Wildman–Crippen LogP) is 3.02. The normalized spacial score (nSPS) is 19.1. The van der Waals surface area contributed by atoms with Gasteiger partial charge in [-0.2, -0.15) is 0 Å². The molecular weight excluding hydrogens is 352 g/mol. The number of alkyl halides is 1. The highest BCUT2D eigenvalue weighted by molar-refractivity contribution is 9.11.